The number of carbonyl (C=O) groups excluding carboxylic acids is 1. The van der Waals surface area contributed by atoms with Crippen LogP contribution in [0, 0.1) is 17.8 Å². The first kappa shape index (κ1) is 15.7. The number of benzene rings is 1. The topological polar surface area (TPSA) is 26.3 Å². The summed E-state index contributed by atoms with van der Waals surface area (Å²) in [6, 6.07) is 9.88. The second-order valence-corrected chi connectivity index (χ2v) is 5.97. The summed E-state index contributed by atoms with van der Waals surface area (Å²) in [7, 11) is 0. The highest BCUT2D eigenvalue weighted by Crippen LogP contribution is 2.25. The van der Waals surface area contributed by atoms with E-state index in [1.807, 2.05) is 37.3 Å². The molecule has 0 amide bonds. The van der Waals surface area contributed by atoms with Crippen LogP contribution in [-0.4, -0.2) is 5.97 Å². The molecule has 2 unspecified atom stereocenters. The number of esters is 1. The van der Waals surface area contributed by atoms with Crippen LogP contribution in [0.4, 0.5) is 0 Å². The maximum Gasteiger partial charge on any atom is 0.309 e. The van der Waals surface area contributed by atoms with E-state index < -0.39 is 0 Å². The van der Waals surface area contributed by atoms with Gasteiger partial charge in [-0.25, -0.2) is 0 Å². The fraction of sp³-hybridized carbons (Fsp3) is 0.588. The molecule has 0 aromatic heterocycles. The Morgan fingerprint density at radius 3 is 2.11 bits per heavy atom. The first-order valence-corrected chi connectivity index (χ1v) is 7.17. The Morgan fingerprint density at radius 2 is 1.63 bits per heavy atom. The van der Waals surface area contributed by atoms with E-state index in [-0.39, 0.29) is 18.0 Å². The minimum atomic E-state index is -0.179. The van der Waals surface area contributed by atoms with Gasteiger partial charge in [-0.15, -0.1) is 0 Å². The van der Waals surface area contributed by atoms with Crippen LogP contribution < -0.4 is 0 Å². The molecule has 0 N–H and O–H groups in total. The second-order valence-electron chi connectivity index (χ2n) is 5.97. The molecule has 0 radical (unpaired) electrons. The molecular weight excluding hydrogens is 236 g/mol. The third kappa shape index (κ3) is 5.06. The summed E-state index contributed by atoms with van der Waals surface area (Å²) in [5, 5.41) is 0. The van der Waals surface area contributed by atoms with Gasteiger partial charge >= 0.3 is 5.97 Å². The Labute approximate surface area is 117 Å². The summed E-state index contributed by atoms with van der Waals surface area (Å²) in [5.74, 6) is 0.746. The number of ether oxygens (including phenoxy) is 1. The Kier molecular flexibility index (Phi) is 6.07. The van der Waals surface area contributed by atoms with E-state index in [1.165, 1.54) is 0 Å². The van der Waals surface area contributed by atoms with Crippen LogP contribution >= 0.6 is 0 Å². The molecule has 2 nitrogen and oxygen atoms in total. The lowest BCUT2D eigenvalue weighted by molar-refractivity contribution is -0.156. The summed E-state index contributed by atoms with van der Waals surface area (Å²) in [4.78, 5) is 12.3. The molecule has 0 fully saturated rings. The van der Waals surface area contributed by atoms with Crippen molar-refractivity contribution < 1.29 is 9.53 Å². The van der Waals surface area contributed by atoms with E-state index in [0.29, 0.717) is 11.8 Å². The van der Waals surface area contributed by atoms with Gasteiger partial charge < -0.3 is 4.74 Å². The summed E-state index contributed by atoms with van der Waals surface area (Å²) in [5.41, 5.74) is 1.04. The average Bonchev–Trinajstić information content (AvgIpc) is 2.36. The van der Waals surface area contributed by atoms with Crippen LogP contribution in [0.1, 0.15) is 52.7 Å². The van der Waals surface area contributed by atoms with Crippen molar-refractivity contribution in [2.45, 2.75) is 47.1 Å². The molecule has 0 heterocycles. The van der Waals surface area contributed by atoms with Gasteiger partial charge in [0.25, 0.3) is 0 Å². The van der Waals surface area contributed by atoms with Crippen molar-refractivity contribution >= 4 is 5.97 Å². The van der Waals surface area contributed by atoms with Gasteiger partial charge in [0.2, 0.25) is 0 Å². The highest BCUT2D eigenvalue weighted by molar-refractivity contribution is 5.73. The number of hydrogen-bond acceptors (Lipinski definition) is 2. The van der Waals surface area contributed by atoms with Gasteiger partial charge in [-0.05, 0) is 30.7 Å². The van der Waals surface area contributed by atoms with Crippen molar-refractivity contribution in [3.05, 3.63) is 35.9 Å². The van der Waals surface area contributed by atoms with Gasteiger partial charge in [0.1, 0.15) is 6.10 Å². The van der Waals surface area contributed by atoms with Gasteiger partial charge in [-0.3, -0.25) is 4.79 Å². The van der Waals surface area contributed by atoms with Crippen molar-refractivity contribution in [3.63, 3.8) is 0 Å². The fourth-order valence-electron chi connectivity index (χ4n) is 2.20. The molecule has 0 aliphatic rings. The van der Waals surface area contributed by atoms with Crippen LogP contribution in [0.15, 0.2) is 30.3 Å². The predicted octanol–water partition coefficient (Wildman–Crippen LogP) is 4.61. The third-order valence-corrected chi connectivity index (χ3v) is 3.39. The summed E-state index contributed by atoms with van der Waals surface area (Å²) in [6.07, 6.45) is 0.708. The Bertz CT molecular complexity index is 382. The molecule has 106 valence electrons. The first-order valence-electron chi connectivity index (χ1n) is 7.17. The van der Waals surface area contributed by atoms with Crippen LogP contribution in [0.3, 0.4) is 0 Å². The van der Waals surface area contributed by atoms with Crippen molar-refractivity contribution in [2.24, 2.45) is 17.8 Å². The predicted molar refractivity (Wildman–Crippen MR) is 78.7 cm³/mol. The zero-order chi connectivity index (χ0) is 14.4. The number of rotatable bonds is 6. The largest absolute Gasteiger partial charge is 0.458 e. The molecule has 0 saturated carbocycles. The Morgan fingerprint density at radius 1 is 1.05 bits per heavy atom. The molecule has 0 aliphatic carbocycles. The summed E-state index contributed by atoms with van der Waals surface area (Å²) < 4.78 is 5.62. The average molecular weight is 262 g/mol. The van der Waals surface area contributed by atoms with Gasteiger partial charge in [0.15, 0.2) is 0 Å². The first-order chi connectivity index (χ1) is 8.91. The highest BCUT2D eigenvalue weighted by Gasteiger charge is 2.26. The van der Waals surface area contributed by atoms with Crippen molar-refractivity contribution in [2.75, 3.05) is 0 Å². The van der Waals surface area contributed by atoms with E-state index in [1.54, 1.807) is 0 Å². The quantitative estimate of drug-likeness (QED) is 0.700. The molecule has 1 aromatic carbocycles. The zero-order valence-corrected chi connectivity index (χ0v) is 12.7. The lowest BCUT2D eigenvalue weighted by atomic mass is 9.87. The van der Waals surface area contributed by atoms with E-state index >= 15 is 0 Å². The monoisotopic (exact) mass is 262 g/mol. The smallest absolute Gasteiger partial charge is 0.309 e. The molecule has 0 saturated heterocycles. The van der Waals surface area contributed by atoms with Crippen molar-refractivity contribution in [1.29, 1.82) is 0 Å². The maximum atomic E-state index is 12.3. The summed E-state index contributed by atoms with van der Waals surface area (Å²) >= 11 is 0. The van der Waals surface area contributed by atoms with Crippen LogP contribution in [0.2, 0.25) is 0 Å². The SMILES string of the molecule is CC(C)CC(C(=O)OC(C)c1ccccc1)C(C)C. The van der Waals surface area contributed by atoms with E-state index in [0.717, 1.165) is 12.0 Å². The molecule has 0 spiro atoms. The number of hydrogen-bond donors (Lipinski definition) is 0. The summed E-state index contributed by atoms with van der Waals surface area (Å²) in [6.45, 7) is 10.4. The normalized spacial score (nSPS) is 14.5. The lowest BCUT2D eigenvalue weighted by Crippen LogP contribution is -2.25. The molecule has 0 bridgehead atoms. The molecule has 2 atom stereocenters. The lowest BCUT2D eigenvalue weighted by Gasteiger charge is -2.23. The van der Waals surface area contributed by atoms with Gasteiger partial charge in [-0.1, -0.05) is 58.0 Å². The van der Waals surface area contributed by atoms with Crippen molar-refractivity contribution in [3.8, 4) is 0 Å². The standard InChI is InChI=1S/C17H26O2/c1-12(2)11-16(13(3)4)17(18)19-14(5)15-9-7-6-8-10-15/h6-10,12-14,16H,11H2,1-5H3. The molecule has 19 heavy (non-hydrogen) atoms. The Hall–Kier alpha value is -1.31. The molecule has 0 aliphatic heterocycles. The van der Waals surface area contributed by atoms with Crippen LogP contribution in [-0.2, 0) is 9.53 Å². The molecule has 1 rings (SSSR count). The molecule has 2 heteroatoms. The van der Waals surface area contributed by atoms with Gasteiger partial charge in [0, 0.05) is 0 Å². The van der Waals surface area contributed by atoms with E-state index in [9.17, 15) is 4.79 Å². The molecule has 1 aromatic rings. The third-order valence-electron chi connectivity index (χ3n) is 3.39. The van der Waals surface area contributed by atoms with Gasteiger partial charge in [-0.2, -0.15) is 0 Å². The van der Waals surface area contributed by atoms with Crippen molar-refractivity contribution in [1.82, 2.24) is 0 Å². The second kappa shape index (κ2) is 7.32. The van der Waals surface area contributed by atoms with Gasteiger partial charge in [0.05, 0.1) is 5.92 Å². The van der Waals surface area contributed by atoms with E-state index in [2.05, 4.69) is 27.7 Å². The van der Waals surface area contributed by atoms with Crippen LogP contribution in [0.5, 0.6) is 0 Å². The minimum Gasteiger partial charge on any atom is -0.458 e. The molecular formula is C17H26O2. The minimum absolute atomic E-state index is 0.00818. The van der Waals surface area contributed by atoms with Crippen LogP contribution in [0.25, 0.3) is 0 Å². The Balaban J connectivity index is 2.66. The number of carbonyl (C=O) groups is 1. The zero-order valence-electron chi connectivity index (χ0n) is 12.7. The fourth-order valence-corrected chi connectivity index (χ4v) is 2.20. The highest BCUT2D eigenvalue weighted by atomic mass is 16.5. The maximum absolute atomic E-state index is 12.3. The van der Waals surface area contributed by atoms with E-state index in [4.69, 9.17) is 4.74 Å².